The van der Waals surface area contributed by atoms with E-state index in [1.807, 2.05) is 18.2 Å². The number of esters is 2. The molecule has 0 atom stereocenters. The number of rotatable bonds is 11. The zero-order chi connectivity index (χ0) is 30.5. The minimum atomic E-state index is -0.152. The van der Waals surface area contributed by atoms with E-state index in [4.69, 9.17) is 18.5 Å². The van der Waals surface area contributed by atoms with Crippen LogP contribution in [-0.4, -0.2) is 22.3 Å². The third-order valence-corrected chi connectivity index (χ3v) is 9.05. The van der Waals surface area contributed by atoms with Gasteiger partial charge >= 0.3 is 11.9 Å². The van der Waals surface area contributed by atoms with Crippen molar-refractivity contribution < 1.29 is 28.1 Å². The molecule has 2 aromatic heterocycles. The first kappa shape index (κ1) is 29.9. The smallest absolute Gasteiger partial charge is 0.309 e. The maximum Gasteiger partial charge on any atom is 0.309 e. The van der Waals surface area contributed by atoms with E-state index in [2.05, 4.69) is 54.5 Å². The zero-order valence-corrected chi connectivity index (χ0v) is 25.6. The maximum absolute atomic E-state index is 12.4. The Hall–Kier alpha value is -4.20. The van der Waals surface area contributed by atoms with Crippen molar-refractivity contribution in [3.8, 4) is 33.6 Å². The van der Waals surface area contributed by atoms with Crippen molar-refractivity contribution in [1.82, 2.24) is 10.3 Å². The van der Waals surface area contributed by atoms with E-state index in [0.29, 0.717) is 22.9 Å². The van der Waals surface area contributed by atoms with E-state index in [9.17, 15) is 9.59 Å². The van der Waals surface area contributed by atoms with E-state index >= 15 is 0 Å². The Kier molecular flexibility index (Phi) is 9.24. The highest BCUT2D eigenvalue weighted by Gasteiger charge is 2.26. The van der Waals surface area contributed by atoms with E-state index < -0.39 is 0 Å². The minimum absolute atomic E-state index is 0.00180. The molecule has 0 spiro atoms. The SMILES string of the molecule is CCc1ccc(-c2cc(COC(=O)C3CCCC3)on2)c(-c2cc(-c3cc(COC(=O)C4CCCC4)on3)ccc2CC)c1. The third-order valence-electron chi connectivity index (χ3n) is 9.05. The number of benzene rings is 2. The summed E-state index contributed by atoms with van der Waals surface area (Å²) in [5, 5.41) is 8.67. The lowest BCUT2D eigenvalue weighted by Crippen LogP contribution is -2.14. The molecule has 0 aliphatic heterocycles. The van der Waals surface area contributed by atoms with Gasteiger partial charge in [0.05, 0.1) is 11.8 Å². The van der Waals surface area contributed by atoms with Gasteiger partial charge in [-0.3, -0.25) is 9.59 Å². The molecule has 2 saturated carbocycles. The molecule has 0 amide bonds. The summed E-state index contributed by atoms with van der Waals surface area (Å²) in [5.74, 6) is 0.734. The number of aryl methyl sites for hydroxylation is 2. The molecule has 0 radical (unpaired) electrons. The summed E-state index contributed by atoms with van der Waals surface area (Å²) in [7, 11) is 0. The number of aromatic nitrogens is 2. The van der Waals surface area contributed by atoms with Crippen LogP contribution in [0.25, 0.3) is 33.6 Å². The summed E-state index contributed by atoms with van der Waals surface area (Å²) < 4.78 is 22.3. The molecule has 0 bridgehead atoms. The van der Waals surface area contributed by atoms with Crippen LogP contribution in [0.3, 0.4) is 0 Å². The summed E-state index contributed by atoms with van der Waals surface area (Å²) in [6.07, 6.45) is 9.66. The fraction of sp³-hybridized carbons (Fsp3) is 0.444. The molecule has 4 aromatic rings. The van der Waals surface area contributed by atoms with Crippen LogP contribution in [-0.2, 0) is 45.1 Å². The van der Waals surface area contributed by atoms with Crippen LogP contribution >= 0.6 is 0 Å². The van der Waals surface area contributed by atoms with Crippen LogP contribution in [0, 0.1) is 11.8 Å². The van der Waals surface area contributed by atoms with E-state index in [-0.39, 0.29) is 37.0 Å². The Labute approximate surface area is 258 Å². The van der Waals surface area contributed by atoms with Gasteiger partial charge in [0.1, 0.15) is 11.4 Å². The van der Waals surface area contributed by atoms with Crippen molar-refractivity contribution in [3.05, 3.63) is 71.2 Å². The lowest BCUT2D eigenvalue weighted by Gasteiger charge is -2.15. The van der Waals surface area contributed by atoms with Crippen molar-refractivity contribution in [2.45, 2.75) is 91.3 Å². The second kappa shape index (κ2) is 13.6. The molecule has 0 unspecified atom stereocenters. The standard InChI is InChI=1S/C36H40N2O6/c1-3-23-13-16-30(34-20-29(44-38-34)22-42-36(40)26-11-7-8-12-26)32(17-23)31-18-27(15-14-24(31)4-2)33-19-28(43-37-33)21-41-35(39)25-9-5-6-10-25/h13-20,25-26H,3-12,21-22H2,1-2H3. The van der Waals surface area contributed by atoms with Gasteiger partial charge in [0.15, 0.2) is 24.7 Å². The second-order valence-corrected chi connectivity index (χ2v) is 12.0. The van der Waals surface area contributed by atoms with Crippen molar-refractivity contribution >= 4 is 11.9 Å². The third kappa shape index (κ3) is 6.64. The highest BCUT2D eigenvalue weighted by Crippen LogP contribution is 2.38. The highest BCUT2D eigenvalue weighted by atomic mass is 16.6. The lowest BCUT2D eigenvalue weighted by atomic mass is 9.89. The number of carbonyl (C=O) groups excluding carboxylic acids is 2. The van der Waals surface area contributed by atoms with E-state index in [1.54, 1.807) is 0 Å². The molecule has 0 saturated heterocycles. The van der Waals surface area contributed by atoms with Gasteiger partial charge in [-0.2, -0.15) is 0 Å². The molecule has 8 nitrogen and oxygen atoms in total. The molecular weight excluding hydrogens is 556 g/mol. The molecule has 8 heteroatoms. The molecule has 2 aliphatic carbocycles. The van der Waals surface area contributed by atoms with Gasteiger partial charge < -0.3 is 18.5 Å². The molecule has 0 N–H and O–H groups in total. The summed E-state index contributed by atoms with van der Waals surface area (Å²) >= 11 is 0. The van der Waals surface area contributed by atoms with Crippen LogP contribution < -0.4 is 0 Å². The van der Waals surface area contributed by atoms with Gasteiger partial charge in [-0.25, -0.2) is 0 Å². The molecule has 230 valence electrons. The second-order valence-electron chi connectivity index (χ2n) is 12.0. The van der Waals surface area contributed by atoms with Crippen molar-refractivity contribution in [2.24, 2.45) is 11.8 Å². The molecule has 2 aromatic carbocycles. The first-order valence-electron chi connectivity index (χ1n) is 16.0. The molecular formula is C36H40N2O6. The van der Waals surface area contributed by atoms with Crippen LogP contribution in [0.15, 0.2) is 57.6 Å². The Morgan fingerprint density at radius 2 is 1.27 bits per heavy atom. The van der Waals surface area contributed by atoms with Gasteiger partial charge in [0.25, 0.3) is 0 Å². The van der Waals surface area contributed by atoms with Gasteiger partial charge in [-0.05, 0) is 66.8 Å². The fourth-order valence-electron chi connectivity index (χ4n) is 6.42. The van der Waals surface area contributed by atoms with Crippen molar-refractivity contribution in [1.29, 1.82) is 0 Å². The number of ether oxygens (including phenoxy) is 2. The highest BCUT2D eigenvalue weighted by molar-refractivity contribution is 5.86. The van der Waals surface area contributed by atoms with Gasteiger partial charge in [0.2, 0.25) is 0 Å². The van der Waals surface area contributed by atoms with Crippen molar-refractivity contribution in [3.63, 3.8) is 0 Å². The van der Waals surface area contributed by atoms with Gasteiger partial charge in [0, 0.05) is 23.3 Å². The summed E-state index contributed by atoms with van der Waals surface area (Å²) in [6, 6.07) is 16.4. The summed E-state index contributed by atoms with van der Waals surface area (Å²) in [5.41, 5.74) is 7.72. The van der Waals surface area contributed by atoms with Crippen LogP contribution in [0.2, 0.25) is 0 Å². The average Bonchev–Trinajstić information content (AvgIpc) is 3.89. The van der Waals surface area contributed by atoms with Crippen molar-refractivity contribution in [2.75, 3.05) is 0 Å². The predicted molar refractivity (Wildman–Crippen MR) is 165 cm³/mol. The van der Waals surface area contributed by atoms with Crippen LogP contribution in [0.1, 0.15) is 87.9 Å². The van der Waals surface area contributed by atoms with Gasteiger partial charge in [-0.1, -0.05) is 80.2 Å². The van der Waals surface area contributed by atoms with Gasteiger partial charge in [-0.15, -0.1) is 0 Å². The molecule has 44 heavy (non-hydrogen) atoms. The monoisotopic (exact) mass is 596 g/mol. The topological polar surface area (TPSA) is 105 Å². The summed E-state index contributed by atoms with van der Waals surface area (Å²) in [6.45, 7) is 4.43. The quantitative estimate of drug-likeness (QED) is 0.159. The normalized spacial score (nSPS) is 15.6. The maximum atomic E-state index is 12.4. The first-order valence-corrected chi connectivity index (χ1v) is 16.0. The van der Waals surface area contributed by atoms with Crippen LogP contribution in [0.5, 0.6) is 0 Å². The van der Waals surface area contributed by atoms with E-state index in [0.717, 1.165) is 86.5 Å². The Balaban J connectivity index is 1.25. The predicted octanol–water partition coefficient (Wildman–Crippen LogP) is 8.26. The minimum Gasteiger partial charge on any atom is -0.457 e. The Morgan fingerprint density at radius 1 is 0.682 bits per heavy atom. The summed E-state index contributed by atoms with van der Waals surface area (Å²) in [4.78, 5) is 24.8. The first-order chi connectivity index (χ1) is 21.5. The Morgan fingerprint density at radius 3 is 1.86 bits per heavy atom. The number of hydrogen-bond donors (Lipinski definition) is 0. The fourth-order valence-corrected chi connectivity index (χ4v) is 6.42. The molecule has 6 rings (SSSR count). The number of nitrogens with zero attached hydrogens (tertiary/aromatic N) is 2. The lowest BCUT2D eigenvalue weighted by molar-refractivity contribution is -0.151. The zero-order valence-electron chi connectivity index (χ0n) is 25.6. The number of carbonyl (C=O) groups is 2. The molecule has 2 heterocycles. The largest absolute Gasteiger partial charge is 0.457 e. The molecule has 2 aliphatic rings. The Bertz CT molecular complexity index is 1610. The number of hydrogen-bond acceptors (Lipinski definition) is 8. The van der Waals surface area contributed by atoms with Crippen LogP contribution in [0.4, 0.5) is 0 Å². The van der Waals surface area contributed by atoms with E-state index in [1.165, 1.54) is 11.1 Å². The average molecular weight is 597 g/mol. The molecule has 2 fully saturated rings.